The van der Waals surface area contributed by atoms with Gasteiger partial charge in [-0.05, 0) is 73.8 Å². The number of halogens is 2. The number of rotatable bonds is 4. The van der Waals surface area contributed by atoms with Gasteiger partial charge in [-0.25, -0.2) is 4.39 Å². The Balaban J connectivity index is 1.44. The van der Waals surface area contributed by atoms with Crippen molar-refractivity contribution in [3.63, 3.8) is 0 Å². The van der Waals surface area contributed by atoms with Crippen LogP contribution in [0.25, 0.3) is 5.57 Å². The highest BCUT2D eigenvalue weighted by atomic mass is 35.5. The van der Waals surface area contributed by atoms with E-state index >= 15 is 0 Å². The molecule has 3 aliphatic rings. The monoisotopic (exact) mass is 360 g/mol. The van der Waals surface area contributed by atoms with Crippen LogP contribution in [0.15, 0.2) is 30.9 Å². The Kier molecular flexibility index (Phi) is 5.01. The van der Waals surface area contributed by atoms with Gasteiger partial charge in [-0.2, -0.15) is 0 Å². The first-order valence-electron chi connectivity index (χ1n) is 9.58. The molecule has 0 amide bonds. The second kappa shape index (κ2) is 7.25. The number of ether oxygens (including phenoxy) is 1. The summed E-state index contributed by atoms with van der Waals surface area (Å²) >= 11 is 6.34. The largest absolute Gasteiger partial charge is 0.368 e. The number of hydrogen-bond donors (Lipinski definition) is 0. The molecule has 1 aliphatic heterocycles. The van der Waals surface area contributed by atoms with E-state index in [0.29, 0.717) is 12.2 Å². The molecule has 2 fully saturated rings. The van der Waals surface area contributed by atoms with Crippen LogP contribution in [0, 0.1) is 23.6 Å². The Bertz CT molecular complexity index is 684. The first kappa shape index (κ1) is 17.3. The number of epoxide rings is 1. The average Bonchev–Trinajstić information content (AvgIpc) is 3.49. The van der Waals surface area contributed by atoms with Crippen LogP contribution in [0.1, 0.15) is 62.2 Å². The average molecular weight is 361 g/mol. The van der Waals surface area contributed by atoms with Crippen LogP contribution in [0.3, 0.4) is 0 Å². The number of allylic oxidation sites excluding steroid dienone is 3. The van der Waals surface area contributed by atoms with Crippen molar-refractivity contribution in [3.8, 4) is 0 Å². The van der Waals surface area contributed by atoms with Gasteiger partial charge in [0.25, 0.3) is 0 Å². The van der Waals surface area contributed by atoms with Crippen LogP contribution in [-0.4, -0.2) is 6.61 Å². The fourth-order valence-electron chi connectivity index (χ4n) is 4.67. The lowest BCUT2D eigenvalue weighted by Crippen LogP contribution is -2.22. The summed E-state index contributed by atoms with van der Waals surface area (Å²) in [7, 11) is 0. The Labute approximate surface area is 154 Å². The van der Waals surface area contributed by atoms with E-state index in [4.69, 9.17) is 16.3 Å². The molecule has 0 N–H and O–H groups in total. The molecule has 1 aromatic carbocycles. The minimum Gasteiger partial charge on any atom is -0.368 e. The third kappa shape index (κ3) is 3.57. The Morgan fingerprint density at radius 3 is 2.48 bits per heavy atom. The molecule has 1 aromatic rings. The number of benzene rings is 1. The van der Waals surface area contributed by atoms with Crippen molar-refractivity contribution in [1.29, 1.82) is 0 Å². The molecule has 1 saturated carbocycles. The molecular weight excluding hydrogens is 335 g/mol. The van der Waals surface area contributed by atoms with Crippen molar-refractivity contribution in [2.45, 2.75) is 51.0 Å². The lowest BCUT2D eigenvalue weighted by Gasteiger charge is -2.34. The highest BCUT2D eigenvalue weighted by Gasteiger charge is 2.31. The molecule has 1 nitrogen and oxygen atoms in total. The third-order valence-electron chi connectivity index (χ3n) is 6.41. The van der Waals surface area contributed by atoms with Gasteiger partial charge >= 0.3 is 0 Å². The summed E-state index contributed by atoms with van der Waals surface area (Å²) in [6.07, 6.45) is 12.9. The Hall–Kier alpha value is -1.12. The van der Waals surface area contributed by atoms with Crippen LogP contribution in [0.2, 0.25) is 5.02 Å². The second-order valence-electron chi connectivity index (χ2n) is 7.83. The van der Waals surface area contributed by atoms with Gasteiger partial charge < -0.3 is 4.74 Å². The molecular formula is C22H26ClFO. The zero-order chi connectivity index (χ0) is 17.4. The van der Waals surface area contributed by atoms with Crippen molar-refractivity contribution < 1.29 is 9.13 Å². The minimum absolute atomic E-state index is 0.0954. The summed E-state index contributed by atoms with van der Waals surface area (Å²) in [5.74, 6) is 2.04. The van der Waals surface area contributed by atoms with Crippen LogP contribution in [-0.2, 0) is 4.74 Å². The summed E-state index contributed by atoms with van der Waals surface area (Å²) in [4.78, 5) is 0. The summed E-state index contributed by atoms with van der Waals surface area (Å²) in [6, 6.07) is 3.82. The van der Waals surface area contributed by atoms with Crippen LogP contribution < -0.4 is 0 Å². The first-order valence-corrected chi connectivity index (χ1v) is 9.96. The van der Waals surface area contributed by atoms with Crippen LogP contribution in [0.5, 0.6) is 0 Å². The molecule has 25 heavy (non-hydrogen) atoms. The fourth-order valence-corrected chi connectivity index (χ4v) is 4.96. The quantitative estimate of drug-likeness (QED) is 0.428. The SMILES string of the molecule is C=CC1CCC(C2CC=C(c3ccc(C4CO4)c(F)c3Cl)CC2)CC1. The predicted molar refractivity (Wildman–Crippen MR) is 101 cm³/mol. The molecule has 1 heterocycles. The minimum atomic E-state index is -0.299. The van der Waals surface area contributed by atoms with Crippen molar-refractivity contribution in [2.24, 2.45) is 17.8 Å². The zero-order valence-corrected chi connectivity index (χ0v) is 15.4. The van der Waals surface area contributed by atoms with Crippen molar-refractivity contribution in [1.82, 2.24) is 0 Å². The maximum Gasteiger partial charge on any atom is 0.148 e. The normalized spacial score (nSPS) is 32.2. The molecule has 134 valence electrons. The molecule has 3 heteroatoms. The van der Waals surface area contributed by atoms with E-state index in [2.05, 4.69) is 18.7 Å². The maximum absolute atomic E-state index is 14.5. The zero-order valence-electron chi connectivity index (χ0n) is 14.6. The second-order valence-corrected chi connectivity index (χ2v) is 8.20. The molecule has 1 saturated heterocycles. The molecule has 2 unspecified atom stereocenters. The molecule has 0 radical (unpaired) electrons. The summed E-state index contributed by atoms with van der Waals surface area (Å²) in [6.45, 7) is 4.54. The fraction of sp³-hybridized carbons (Fsp3) is 0.545. The molecule has 0 aromatic heterocycles. The molecule has 4 rings (SSSR count). The summed E-state index contributed by atoms with van der Waals surface area (Å²) in [5, 5.41) is 0.268. The van der Waals surface area contributed by atoms with E-state index in [1.54, 1.807) is 0 Å². The van der Waals surface area contributed by atoms with Gasteiger partial charge in [0, 0.05) is 5.56 Å². The summed E-state index contributed by atoms with van der Waals surface area (Å²) < 4.78 is 19.7. The van der Waals surface area contributed by atoms with Crippen LogP contribution in [0.4, 0.5) is 4.39 Å². The molecule has 0 bridgehead atoms. The van der Waals surface area contributed by atoms with Crippen molar-refractivity contribution in [2.75, 3.05) is 6.61 Å². The smallest absolute Gasteiger partial charge is 0.148 e. The van der Waals surface area contributed by atoms with Crippen molar-refractivity contribution >= 4 is 17.2 Å². The van der Waals surface area contributed by atoms with Crippen LogP contribution >= 0.6 is 11.6 Å². The van der Waals surface area contributed by atoms with Gasteiger partial charge in [-0.15, -0.1) is 6.58 Å². The van der Waals surface area contributed by atoms with Gasteiger partial charge in [-0.1, -0.05) is 35.9 Å². The van der Waals surface area contributed by atoms with E-state index in [-0.39, 0.29) is 16.9 Å². The molecule has 0 spiro atoms. The third-order valence-corrected chi connectivity index (χ3v) is 6.78. The Morgan fingerprint density at radius 2 is 1.88 bits per heavy atom. The van der Waals surface area contributed by atoms with E-state index < -0.39 is 0 Å². The first-order chi connectivity index (χ1) is 12.2. The highest BCUT2D eigenvalue weighted by molar-refractivity contribution is 6.32. The van der Waals surface area contributed by atoms with E-state index in [9.17, 15) is 4.39 Å². The van der Waals surface area contributed by atoms with Gasteiger partial charge in [0.1, 0.15) is 11.9 Å². The maximum atomic E-state index is 14.5. The lowest BCUT2D eigenvalue weighted by atomic mass is 9.71. The van der Waals surface area contributed by atoms with E-state index in [1.807, 2.05) is 12.1 Å². The highest BCUT2D eigenvalue weighted by Crippen LogP contribution is 2.43. The summed E-state index contributed by atoms with van der Waals surface area (Å²) in [5.41, 5.74) is 2.68. The standard InChI is InChI=1S/C22H26ClFO/c1-2-14-3-5-15(6-4-14)16-7-9-17(10-8-16)18-11-12-19(20-13-25-20)22(24)21(18)23/h2,9,11-12,14-16,20H,1,3-8,10,13H2. The predicted octanol–water partition coefficient (Wildman–Crippen LogP) is 6.73. The van der Waals surface area contributed by atoms with Gasteiger partial charge in [0.05, 0.1) is 11.6 Å². The molecule has 2 aliphatic carbocycles. The van der Waals surface area contributed by atoms with E-state index in [1.165, 1.54) is 37.7 Å². The Morgan fingerprint density at radius 1 is 1.12 bits per heavy atom. The van der Waals surface area contributed by atoms with Gasteiger partial charge in [-0.3, -0.25) is 0 Å². The topological polar surface area (TPSA) is 12.5 Å². The van der Waals surface area contributed by atoms with Gasteiger partial charge in [0.2, 0.25) is 0 Å². The van der Waals surface area contributed by atoms with Gasteiger partial charge in [0.15, 0.2) is 0 Å². The number of hydrogen-bond acceptors (Lipinski definition) is 1. The van der Waals surface area contributed by atoms with Crippen molar-refractivity contribution in [3.05, 3.63) is 52.8 Å². The lowest BCUT2D eigenvalue weighted by molar-refractivity contribution is 0.212. The molecule has 2 atom stereocenters. The van der Waals surface area contributed by atoms with E-state index in [0.717, 1.165) is 36.2 Å².